The number of nitrogens with one attached hydrogen (secondary N) is 2. The molecular weight excluding hydrogens is 276 g/mol. The first-order chi connectivity index (χ1) is 9.54. The summed E-state index contributed by atoms with van der Waals surface area (Å²) in [5.41, 5.74) is 0.636. The van der Waals surface area contributed by atoms with Crippen LogP contribution in [0.5, 0.6) is 0 Å². The summed E-state index contributed by atoms with van der Waals surface area (Å²) in [6.07, 6.45) is 5.53. The molecule has 0 heterocycles. The van der Waals surface area contributed by atoms with E-state index in [9.17, 15) is 9.59 Å². The lowest BCUT2D eigenvalue weighted by molar-refractivity contribution is 0.0697. The molecular formula is C14H18N2O3S. The third-order valence-electron chi connectivity index (χ3n) is 3.64. The summed E-state index contributed by atoms with van der Waals surface area (Å²) in [5.74, 6) is -1.01. The number of carboxylic acid groups (broad SMARTS) is 1. The molecule has 108 valence electrons. The molecule has 1 saturated carbocycles. The van der Waals surface area contributed by atoms with E-state index in [2.05, 4.69) is 16.9 Å². The van der Waals surface area contributed by atoms with E-state index in [-0.39, 0.29) is 16.3 Å². The largest absolute Gasteiger partial charge is 0.478 e. The molecule has 3 N–H and O–H groups in total. The van der Waals surface area contributed by atoms with E-state index in [1.165, 1.54) is 18.6 Å². The van der Waals surface area contributed by atoms with Crippen LogP contribution in [-0.4, -0.2) is 34.7 Å². The number of aromatic carboxylic acids is 1. The minimum Gasteiger partial charge on any atom is -0.478 e. The second-order valence-electron chi connectivity index (χ2n) is 4.93. The highest BCUT2D eigenvalue weighted by Gasteiger charge is 2.36. The maximum Gasteiger partial charge on any atom is 0.335 e. The number of amides is 2. The zero-order valence-electron chi connectivity index (χ0n) is 11.3. The van der Waals surface area contributed by atoms with Crippen molar-refractivity contribution >= 4 is 29.4 Å². The van der Waals surface area contributed by atoms with Crippen molar-refractivity contribution in [2.45, 2.75) is 24.0 Å². The minimum atomic E-state index is -1.01. The van der Waals surface area contributed by atoms with Crippen LogP contribution in [0.1, 0.15) is 29.6 Å². The predicted molar refractivity (Wildman–Crippen MR) is 80.5 cm³/mol. The molecule has 0 aromatic heterocycles. The Balaban J connectivity index is 1.88. The van der Waals surface area contributed by atoms with Gasteiger partial charge in [-0.25, -0.2) is 9.59 Å². The van der Waals surface area contributed by atoms with Gasteiger partial charge in [-0.3, -0.25) is 0 Å². The number of carbonyl (C=O) groups is 2. The summed E-state index contributed by atoms with van der Waals surface area (Å²) in [5, 5.41) is 14.4. The van der Waals surface area contributed by atoms with Gasteiger partial charge in [0.05, 0.1) is 5.56 Å². The quantitative estimate of drug-likeness (QED) is 0.780. The van der Waals surface area contributed by atoms with Gasteiger partial charge in [0, 0.05) is 17.0 Å². The summed E-state index contributed by atoms with van der Waals surface area (Å²) >= 11 is 1.79. The lowest BCUT2D eigenvalue weighted by atomic mass is 9.84. The van der Waals surface area contributed by atoms with Gasteiger partial charge in [-0.2, -0.15) is 11.8 Å². The van der Waals surface area contributed by atoms with Crippen LogP contribution in [0.25, 0.3) is 0 Å². The Hall–Kier alpha value is -1.69. The summed E-state index contributed by atoms with van der Waals surface area (Å²) in [6.45, 7) is 0.638. The van der Waals surface area contributed by atoms with E-state index >= 15 is 0 Å². The number of hydrogen-bond acceptors (Lipinski definition) is 3. The van der Waals surface area contributed by atoms with Gasteiger partial charge in [-0.1, -0.05) is 12.5 Å². The molecule has 2 rings (SSSR count). The molecule has 0 spiro atoms. The van der Waals surface area contributed by atoms with Gasteiger partial charge in [0.15, 0.2) is 0 Å². The van der Waals surface area contributed by atoms with Crippen LogP contribution in [0, 0.1) is 0 Å². The van der Waals surface area contributed by atoms with Crippen molar-refractivity contribution in [2.24, 2.45) is 0 Å². The molecule has 1 fully saturated rings. The topological polar surface area (TPSA) is 78.4 Å². The number of anilines is 1. The summed E-state index contributed by atoms with van der Waals surface area (Å²) in [7, 11) is 0. The second kappa shape index (κ2) is 6.17. The van der Waals surface area contributed by atoms with Gasteiger partial charge in [-0.05, 0) is 37.3 Å². The Kier molecular flexibility index (Phi) is 4.54. The third-order valence-corrected chi connectivity index (χ3v) is 5.05. The van der Waals surface area contributed by atoms with Gasteiger partial charge < -0.3 is 15.7 Å². The Morgan fingerprint density at radius 2 is 2.15 bits per heavy atom. The number of hydrogen-bond donors (Lipinski definition) is 3. The van der Waals surface area contributed by atoms with Crippen molar-refractivity contribution in [3.8, 4) is 0 Å². The van der Waals surface area contributed by atoms with Crippen LogP contribution in [0.4, 0.5) is 10.5 Å². The Morgan fingerprint density at radius 3 is 2.70 bits per heavy atom. The van der Waals surface area contributed by atoms with Gasteiger partial charge in [0.2, 0.25) is 0 Å². The molecule has 1 aliphatic rings. The molecule has 0 atom stereocenters. The number of rotatable bonds is 5. The molecule has 1 aromatic rings. The Morgan fingerprint density at radius 1 is 1.40 bits per heavy atom. The zero-order valence-corrected chi connectivity index (χ0v) is 12.1. The van der Waals surface area contributed by atoms with Crippen molar-refractivity contribution in [3.05, 3.63) is 29.8 Å². The first kappa shape index (κ1) is 14.7. The molecule has 2 amide bonds. The number of benzene rings is 1. The summed E-state index contributed by atoms with van der Waals surface area (Å²) < 4.78 is 0.181. The first-order valence-corrected chi connectivity index (χ1v) is 7.70. The molecule has 0 unspecified atom stereocenters. The van der Waals surface area contributed by atoms with E-state index in [0.717, 1.165) is 12.8 Å². The van der Waals surface area contributed by atoms with E-state index in [1.54, 1.807) is 23.9 Å². The van der Waals surface area contributed by atoms with Crippen LogP contribution in [0.3, 0.4) is 0 Å². The first-order valence-electron chi connectivity index (χ1n) is 6.48. The molecule has 0 saturated heterocycles. The van der Waals surface area contributed by atoms with E-state index < -0.39 is 5.97 Å². The lowest BCUT2D eigenvalue weighted by Crippen LogP contribution is -2.46. The van der Waals surface area contributed by atoms with Crippen molar-refractivity contribution < 1.29 is 14.7 Å². The molecule has 0 radical (unpaired) electrons. The maximum atomic E-state index is 11.8. The fourth-order valence-corrected chi connectivity index (χ4v) is 3.08. The van der Waals surface area contributed by atoms with Crippen LogP contribution < -0.4 is 10.6 Å². The molecule has 20 heavy (non-hydrogen) atoms. The molecule has 0 aliphatic heterocycles. The number of urea groups is 1. The van der Waals surface area contributed by atoms with E-state index in [4.69, 9.17) is 5.11 Å². The smallest absolute Gasteiger partial charge is 0.335 e. The van der Waals surface area contributed by atoms with Crippen LogP contribution in [0.2, 0.25) is 0 Å². The van der Waals surface area contributed by atoms with Crippen molar-refractivity contribution in [3.63, 3.8) is 0 Å². The molecule has 5 nitrogen and oxygen atoms in total. The van der Waals surface area contributed by atoms with Crippen LogP contribution >= 0.6 is 11.8 Å². The number of thioether (sulfide) groups is 1. The molecule has 1 aliphatic carbocycles. The van der Waals surface area contributed by atoms with Crippen molar-refractivity contribution in [1.82, 2.24) is 5.32 Å². The normalized spacial score (nSPS) is 16.1. The van der Waals surface area contributed by atoms with Gasteiger partial charge in [0.1, 0.15) is 0 Å². The van der Waals surface area contributed by atoms with Crippen molar-refractivity contribution in [2.75, 3.05) is 18.1 Å². The van der Waals surface area contributed by atoms with E-state index in [0.29, 0.717) is 12.2 Å². The monoisotopic (exact) mass is 294 g/mol. The summed E-state index contributed by atoms with van der Waals surface area (Å²) in [4.78, 5) is 22.7. The zero-order chi connectivity index (χ0) is 14.6. The molecule has 6 heteroatoms. The summed E-state index contributed by atoms with van der Waals surface area (Å²) in [6, 6.07) is 5.90. The third kappa shape index (κ3) is 3.45. The highest BCUT2D eigenvalue weighted by molar-refractivity contribution is 8.00. The highest BCUT2D eigenvalue weighted by Crippen LogP contribution is 2.42. The van der Waals surface area contributed by atoms with Crippen LogP contribution in [0.15, 0.2) is 24.3 Å². The fraction of sp³-hybridized carbons (Fsp3) is 0.429. The Labute approximate surface area is 122 Å². The van der Waals surface area contributed by atoms with Gasteiger partial charge >= 0.3 is 12.0 Å². The van der Waals surface area contributed by atoms with E-state index in [1.807, 2.05) is 0 Å². The lowest BCUT2D eigenvalue weighted by Gasteiger charge is -2.40. The number of carbonyl (C=O) groups excluding carboxylic acids is 1. The maximum absolute atomic E-state index is 11.8. The SMILES string of the molecule is CSC1(CNC(=O)Nc2cccc(C(=O)O)c2)CCC1. The van der Waals surface area contributed by atoms with Crippen molar-refractivity contribution in [1.29, 1.82) is 0 Å². The van der Waals surface area contributed by atoms with Gasteiger partial charge in [0.25, 0.3) is 0 Å². The number of carboxylic acids is 1. The molecule has 0 bridgehead atoms. The average molecular weight is 294 g/mol. The second-order valence-corrected chi connectivity index (χ2v) is 6.21. The van der Waals surface area contributed by atoms with Crippen LogP contribution in [-0.2, 0) is 0 Å². The highest BCUT2D eigenvalue weighted by atomic mass is 32.2. The van der Waals surface area contributed by atoms with Gasteiger partial charge in [-0.15, -0.1) is 0 Å². The fourth-order valence-electron chi connectivity index (χ4n) is 2.17. The minimum absolute atomic E-state index is 0.155. The molecule has 1 aromatic carbocycles. The average Bonchev–Trinajstić information content (AvgIpc) is 2.38. The standard InChI is InChI=1S/C14H18N2O3S/c1-20-14(6-3-7-14)9-15-13(19)16-11-5-2-4-10(8-11)12(17)18/h2,4-5,8H,3,6-7,9H2,1H3,(H,17,18)(H2,15,16,19). The Bertz CT molecular complexity index is 509. The predicted octanol–water partition coefficient (Wildman–Crippen LogP) is 2.79.